The highest BCUT2D eigenvalue weighted by Crippen LogP contribution is 2.35. The number of nitrogens with one attached hydrogen (secondary N) is 1. The predicted molar refractivity (Wildman–Crippen MR) is 132 cm³/mol. The Kier molecular flexibility index (Phi) is 7.14. The Morgan fingerprint density at radius 3 is 2.60 bits per heavy atom. The van der Waals surface area contributed by atoms with E-state index in [0.29, 0.717) is 23.7 Å². The highest BCUT2D eigenvalue weighted by atomic mass is 16.6. The highest BCUT2D eigenvalue weighted by molar-refractivity contribution is 5.96. The molecule has 1 heterocycles. The number of benzene rings is 2. The molecule has 1 aromatic heterocycles. The van der Waals surface area contributed by atoms with Crippen LogP contribution in [0.1, 0.15) is 47.4 Å². The van der Waals surface area contributed by atoms with Crippen molar-refractivity contribution in [1.29, 1.82) is 0 Å². The average Bonchev–Trinajstić information content (AvgIpc) is 3.72. The molecule has 1 atom stereocenters. The Balaban J connectivity index is 1.60. The summed E-state index contributed by atoms with van der Waals surface area (Å²) in [6.07, 6.45) is 3.45. The summed E-state index contributed by atoms with van der Waals surface area (Å²) in [7, 11) is 3.16. The van der Waals surface area contributed by atoms with E-state index >= 15 is 0 Å². The molecule has 35 heavy (non-hydrogen) atoms. The summed E-state index contributed by atoms with van der Waals surface area (Å²) in [5.41, 5.74) is 2.00. The quantitative estimate of drug-likeness (QED) is 0.325. The number of rotatable bonds is 10. The van der Waals surface area contributed by atoms with Gasteiger partial charge in [-0.1, -0.05) is 6.07 Å². The number of nitro groups is 1. The Labute approximate surface area is 203 Å². The fraction of sp³-hybridized carbons (Fsp3) is 0.308. The molecular weight excluding hydrogens is 448 g/mol. The smallest absolute Gasteiger partial charge is 0.293 e. The number of pyridine rings is 1. The maximum Gasteiger partial charge on any atom is 0.293 e. The molecule has 1 aliphatic carbocycles. The van der Waals surface area contributed by atoms with Crippen molar-refractivity contribution in [2.45, 2.75) is 38.4 Å². The lowest BCUT2D eigenvalue weighted by molar-refractivity contribution is -0.384. The zero-order valence-corrected chi connectivity index (χ0v) is 19.9. The second-order valence-electron chi connectivity index (χ2n) is 8.45. The Bertz CT molecular complexity index is 1210. The van der Waals surface area contributed by atoms with Crippen LogP contribution < -0.4 is 14.8 Å². The first-order chi connectivity index (χ1) is 16.9. The number of aromatic nitrogens is 1. The van der Waals surface area contributed by atoms with Crippen molar-refractivity contribution in [3.05, 3.63) is 87.7 Å². The van der Waals surface area contributed by atoms with Crippen LogP contribution in [0, 0.1) is 10.1 Å². The van der Waals surface area contributed by atoms with Crippen molar-refractivity contribution in [3.63, 3.8) is 0 Å². The number of ether oxygens (including phenoxy) is 2. The number of amides is 1. The summed E-state index contributed by atoms with van der Waals surface area (Å²) < 4.78 is 10.8. The third-order valence-electron chi connectivity index (χ3n) is 6.02. The van der Waals surface area contributed by atoms with E-state index in [1.807, 2.05) is 31.2 Å². The first kappa shape index (κ1) is 24.0. The van der Waals surface area contributed by atoms with E-state index in [2.05, 4.69) is 10.3 Å². The predicted octanol–water partition coefficient (Wildman–Crippen LogP) is 4.98. The van der Waals surface area contributed by atoms with Crippen molar-refractivity contribution >= 4 is 17.3 Å². The molecule has 0 radical (unpaired) electrons. The molecule has 3 aromatic rings. The minimum atomic E-state index is -0.475. The number of carbonyl (C=O) groups is 1. The van der Waals surface area contributed by atoms with Crippen LogP contribution in [0.4, 0.5) is 11.4 Å². The minimum absolute atomic E-state index is 0.0828. The minimum Gasteiger partial charge on any atom is -0.497 e. The summed E-state index contributed by atoms with van der Waals surface area (Å²) in [5.74, 6) is 1.06. The van der Waals surface area contributed by atoms with Gasteiger partial charge >= 0.3 is 0 Å². The van der Waals surface area contributed by atoms with Crippen LogP contribution in [0.3, 0.4) is 0 Å². The second-order valence-corrected chi connectivity index (χ2v) is 8.45. The van der Waals surface area contributed by atoms with Gasteiger partial charge in [-0.2, -0.15) is 0 Å². The number of anilines is 1. The molecule has 1 saturated carbocycles. The fourth-order valence-electron chi connectivity index (χ4n) is 3.98. The van der Waals surface area contributed by atoms with E-state index in [-0.39, 0.29) is 29.2 Å². The summed E-state index contributed by atoms with van der Waals surface area (Å²) in [6, 6.07) is 15.4. The van der Waals surface area contributed by atoms with Crippen LogP contribution in [0.2, 0.25) is 0 Å². The molecule has 0 bridgehead atoms. The maximum atomic E-state index is 13.5. The SMILES string of the molecule is COc1ccc(OC)c(CN(C(=O)c2ccc(NC(C)c3ccccn3)c([N+](=O)[O-])c2)C2CC2)c1. The van der Waals surface area contributed by atoms with Gasteiger partial charge in [-0.25, -0.2) is 0 Å². The van der Waals surface area contributed by atoms with E-state index in [1.165, 1.54) is 6.07 Å². The number of hydrogen-bond acceptors (Lipinski definition) is 7. The number of hydrogen-bond donors (Lipinski definition) is 1. The number of carbonyl (C=O) groups excluding carboxylic acids is 1. The lowest BCUT2D eigenvalue weighted by Crippen LogP contribution is -2.32. The first-order valence-electron chi connectivity index (χ1n) is 11.4. The van der Waals surface area contributed by atoms with E-state index in [9.17, 15) is 14.9 Å². The summed E-state index contributed by atoms with van der Waals surface area (Å²) in [4.78, 5) is 31.0. The third-order valence-corrected chi connectivity index (χ3v) is 6.02. The summed E-state index contributed by atoms with van der Waals surface area (Å²) in [6.45, 7) is 2.19. The fourth-order valence-corrected chi connectivity index (χ4v) is 3.98. The summed E-state index contributed by atoms with van der Waals surface area (Å²) in [5, 5.41) is 15.0. The number of nitrogens with zero attached hydrogens (tertiary/aromatic N) is 3. The van der Waals surface area contributed by atoms with Crippen LogP contribution in [-0.4, -0.2) is 41.0 Å². The van der Waals surface area contributed by atoms with Crippen LogP contribution in [0.5, 0.6) is 11.5 Å². The van der Waals surface area contributed by atoms with Gasteiger partial charge in [0.15, 0.2) is 0 Å². The highest BCUT2D eigenvalue weighted by Gasteiger charge is 2.34. The van der Waals surface area contributed by atoms with Crippen molar-refractivity contribution in [3.8, 4) is 11.5 Å². The number of nitro benzene ring substituents is 1. The van der Waals surface area contributed by atoms with Crippen LogP contribution in [0.25, 0.3) is 0 Å². The van der Waals surface area contributed by atoms with Crippen LogP contribution >= 0.6 is 0 Å². The molecule has 0 aliphatic heterocycles. The first-order valence-corrected chi connectivity index (χ1v) is 11.4. The molecule has 1 amide bonds. The second kappa shape index (κ2) is 10.4. The van der Waals surface area contributed by atoms with Gasteiger partial charge in [-0.15, -0.1) is 0 Å². The van der Waals surface area contributed by atoms with Crippen LogP contribution in [-0.2, 0) is 6.54 Å². The third kappa shape index (κ3) is 5.51. The largest absolute Gasteiger partial charge is 0.497 e. The molecule has 1 fully saturated rings. The van der Waals surface area contributed by atoms with Gasteiger partial charge in [0.2, 0.25) is 0 Å². The van der Waals surface area contributed by atoms with Gasteiger partial charge in [0.25, 0.3) is 11.6 Å². The van der Waals surface area contributed by atoms with E-state index in [4.69, 9.17) is 9.47 Å². The maximum absolute atomic E-state index is 13.5. The lowest BCUT2D eigenvalue weighted by atomic mass is 10.1. The van der Waals surface area contributed by atoms with Crippen molar-refractivity contribution in [1.82, 2.24) is 9.88 Å². The van der Waals surface area contributed by atoms with Crippen LogP contribution in [0.15, 0.2) is 60.8 Å². The molecule has 1 unspecified atom stereocenters. The topological polar surface area (TPSA) is 107 Å². The molecule has 4 rings (SSSR count). The Hall–Kier alpha value is -4.14. The molecule has 0 spiro atoms. The monoisotopic (exact) mass is 476 g/mol. The van der Waals surface area contributed by atoms with Crippen molar-refractivity contribution < 1.29 is 19.2 Å². The molecule has 182 valence electrons. The molecular formula is C26H28N4O5. The molecule has 9 heteroatoms. The van der Waals surface area contributed by atoms with Crippen molar-refractivity contribution in [2.75, 3.05) is 19.5 Å². The molecule has 9 nitrogen and oxygen atoms in total. The lowest BCUT2D eigenvalue weighted by Gasteiger charge is -2.24. The van der Waals surface area contributed by atoms with E-state index < -0.39 is 4.92 Å². The normalized spacial score (nSPS) is 13.6. The van der Waals surface area contributed by atoms with Gasteiger partial charge in [0, 0.05) is 29.4 Å². The van der Waals surface area contributed by atoms with E-state index in [1.54, 1.807) is 49.6 Å². The van der Waals surface area contributed by atoms with Crippen molar-refractivity contribution in [2.24, 2.45) is 0 Å². The van der Waals surface area contributed by atoms with Gasteiger partial charge < -0.3 is 19.7 Å². The Morgan fingerprint density at radius 2 is 1.97 bits per heavy atom. The van der Waals surface area contributed by atoms with Gasteiger partial charge in [0.1, 0.15) is 17.2 Å². The number of methoxy groups -OCH3 is 2. The molecule has 0 saturated heterocycles. The average molecular weight is 477 g/mol. The molecule has 1 aliphatic rings. The molecule has 2 aromatic carbocycles. The summed E-state index contributed by atoms with van der Waals surface area (Å²) >= 11 is 0. The van der Waals surface area contributed by atoms with E-state index in [0.717, 1.165) is 24.1 Å². The van der Waals surface area contributed by atoms with Gasteiger partial charge in [0.05, 0.1) is 37.4 Å². The zero-order valence-electron chi connectivity index (χ0n) is 19.9. The molecule has 1 N–H and O–H groups in total. The Morgan fingerprint density at radius 1 is 1.17 bits per heavy atom. The van der Waals surface area contributed by atoms with Gasteiger partial charge in [-0.05, 0) is 62.2 Å². The standard InChI is InChI=1S/C26H28N4O5/c1-17(22-6-4-5-13-27-22)28-23-11-7-18(15-24(23)30(32)33)26(31)29(20-8-9-20)16-19-14-21(34-2)10-12-25(19)35-3/h4-7,10-15,17,20,28H,8-9,16H2,1-3H3. The zero-order chi connectivity index (χ0) is 24.9. The van der Waals surface area contributed by atoms with Gasteiger partial charge in [-0.3, -0.25) is 19.9 Å².